The van der Waals surface area contributed by atoms with Crippen LogP contribution in [0.1, 0.15) is 45.8 Å². The smallest absolute Gasteiger partial charge is 0.408 e. The van der Waals surface area contributed by atoms with Gasteiger partial charge in [0.1, 0.15) is 12.1 Å². The summed E-state index contributed by atoms with van der Waals surface area (Å²) in [5, 5.41) is 14.8. The van der Waals surface area contributed by atoms with Gasteiger partial charge in [0, 0.05) is 5.92 Å². The predicted octanol–water partition coefficient (Wildman–Crippen LogP) is 4.70. The molecule has 1 saturated carbocycles. The van der Waals surface area contributed by atoms with Crippen LogP contribution in [0.4, 0.5) is 10.5 Å². The van der Waals surface area contributed by atoms with Crippen molar-refractivity contribution in [3.63, 3.8) is 0 Å². The molecule has 3 aromatic carbocycles. The van der Waals surface area contributed by atoms with E-state index in [1.807, 2.05) is 36.4 Å². The van der Waals surface area contributed by atoms with Crippen molar-refractivity contribution in [2.45, 2.75) is 31.2 Å². The second-order valence-corrected chi connectivity index (χ2v) is 8.84. The van der Waals surface area contributed by atoms with E-state index >= 15 is 0 Å². The predicted molar refractivity (Wildman–Crippen MR) is 127 cm³/mol. The first-order chi connectivity index (χ1) is 16.4. The van der Waals surface area contributed by atoms with E-state index in [1.54, 1.807) is 19.1 Å². The van der Waals surface area contributed by atoms with Crippen LogP contribution in [0.2, 0.25) is 0 Å². The molecule has 34 heavy (non-hydrogen) atoms. The van der Waals surface area contributed by atoms with Crippen LogP contribution in [0.5, 0.6) is 0 Å². The highest BCUT2D eigenvalue weighted by Crippen LogP contribution is 2.44. The van der Waals surface area contributed by atoms with Crippen molar-refractivity contribution in [3.05, 3.63) is 89.0 Å². The standard InChI is InChI=1S/C27H24N2O5/c1-16-10-11-23(21(14-16)24(30)31)28-25(32)27(12-13-27)29-26(33)34-15-22-19-8-4-2-6-17(19)18-7-3-5-9-20(18)22/h2-11,14,22H,12-13,15H2,1H3,(H,28,32)(H,29,33)(H,30,31). The molecule has 0 aliphatic heterocycles. The second-order valence-electron chi connectivity index (χ2n) is 8.84. The fourth-order valence-electron chi connectivity index (χ4n) is 4.55. The largest absolute Gasteiger partial charge is 0.478 e. The maximum atomic E-state index is 12.9. The second kappa shape index (κ2) is 8.33. The van der Waals surface area contributed by atoms with E-state index in [9.17, 15) is 19.5 Å². The Morgan fingerprint density at radius 2 is 1.59 bits per heavy atom. The molecule has 0 saturated heterocycles. The number of aryl methyl sites for hydroxylation is 1. The summed E-state index contributed by atoms with van der Waals surface area (Å²) in [6, 6.07) is 20.9. The Bertz CT molecular complexity index is 1270. The number of carbonyl (C=O) groups excluding carboxylic acids is 2. The van der Waals surface area contributed by atoms with E-state index in [-0.39, 0.29) is 23.8 Å². The van der Waals surface area contributed by atoms with Crippen molar-refractivity contribution in [2.75, 3.05) is 11.9 Å². The van der Waals surface area contributed by atoms with Crippen molar-refractivity contribution in [1.29, 1.82) is 0 Å². The Hall–Kier alpha value is -4.13. The number of benzene rings is 3. The number of rotatable bonds is 6. The molecule has 2 amide bonds. The average molecular weight is 456 g/mol. The molecule has 7 heteroatoms. The summed E-state index contributed by atoms with van der Waals surface area (Å²) in [4.78, 5) is 37.1. The first-order valence-electron chi connectivity index (χ1n) is 11.2. The maximum absolute atomic E-state index is 12.9. The SMILES string of the molecule is Cc1ccc(NC(=O)C2(NC(=O)OCC3c4ccccc4-c4ccccc43)CC2)c(C(=O)O)c1. The lowest BCUT2D eigenvalue weighted by Gasteiger charge is -2.19. The topological polar surface area (TPSA) is 105 Å². The van der Waals surface area contributed by atoms with Crippen molar-refractivity contribution >= 4 is 23.7 Å². The van der Waals surface area contributed by atoms with Gasteiger partial charge in [-0.1, -0.05) is 60.2 Å². The summed E-state index contributed by atoms with van der Waals surface area (Å²) in [7, 11) is 0. The van der Waals surface area contributed by atoms with Crippen LogP contribution in [0.25, 0.3) is 11.1 Å². The number of anilines is 1. The van der Waals surface area contributed by atoms with Gasteiger partial charge in [-0.25, -0.2) is 9.59 Å². The fraction of sp³-hybridized carbons (Fsp3) is 0.222. The van der Waals surface area contributed by atoms with Gasteiger partial charge in [0.25, 0.3) is 0 Å². The van der Waals surface area contributed by atoms with Gasteiger partial charge in [-0.3, -0.25) is 4.79 Å². The lowest BCUT2D eigenvalue weighted by molar-refractivity contribution is -0.119. The Morgan fingerprint density at radius 3 is 2.18 bits per heavy atom. The number of carboxylic acid groups (broad SMARTS) is 1. The number of amides is 2. The Labute approximate surface area is 196 Å². The van der Waals surface area contributed by atoms with Gasteiger partial charge in [0.05, 0.1) is 11.3 Å². The van der Waals surface area contributed by atoms with Crippen molar-refractivity contribution in [2.24, 2.45) is 0 Å². The molecule has 0 bridgehead atoms. The number of carboxylic acids is 1. The number of hydrogen-bond acceptors (Lipinski definition) is 4. The molecule has 0 radical (unpaired) electrons. The van der Waals surface area contributed by atoms with Crippen molar-refractivity contribution in [3.8, 4) is 11.1 Å². The van der Waals surface area contributed by atoms with E-state index in [2.05, 4.69) is 22.8 Å². The summed E-state index contributed by atoms with van der Waals surface area (Å²) in [5.74, 6) is -1.66. The molecular weight excluding hydrogens is 432 g/mol. The molecule has 0 spiro atoms. The maximum Gasteiger partial charge on any atom is 0.408 e. The lowest BCUT2D eigenvalue weighted by Crippen LogP contribution is -2.46. The zero-order chi connectivity index (χ0) is 23.9. The Balaban J connectivity index is 1.25. The van der Waals surface area contributed by atoms with E-state index in [4.69, 9.17) is 4.74 Å². The van der Waals surface area contributed by atoms with E-state index < -0.39 is 23.5 Å². The van der Waals surface area contributed by atoms with Crippen LogP contribution < -0.4 is 10.6 Å². The molecule has 0 atom stereocenters. The van der Waals surface area contributed by atoms with E-state index in [0.29, 0.717) is 12.8 Å². The van der Waals surface area contributed by atoms with Gasteiger partial charge >= 0.3 is 12.1 Å². The summed E-state index contributed by atoms with van der Waals surface area (Å²) in [6.07, 6.45) is 0.242. The molecule has 0 unspecified atom stereocenters. The van der Waals surface area contributed by atoms with Gasteiger partial charge in [-0.05, 0) is 54.2 Å². The van der Waals surface area contributed by atoms with Gasteiger partial charge in [-0.15, -0.1) is 0 Å². The number of aromatic carboxylic acids is 1. The summed E-state index contributed by atoms with van der Waals surface area (Å²) in [6.45, 7) is 1.93. The number of alkyl carbamates (subject to hydrolysis) is 1. The molecule has 172 valence electrons. The van der Waals surface area contributed by atoms with Crippen LogP contribution in [0.15, 0.2) is 66.7 Å². The molecular formula is C27H24N2O5. The third-order valence-electron chi connectivity index (χ3n) is 6.52. The zero-order valence-corrected chi connectivity index (χ0v) is 18.6. The van der Waals surface area contributed by atoms with Crippen LogP contribution >= 0.6 is 0 Å². The minimum atomic E-state index is -1.13. The molecule has 0 heterocycles. The number of carbonyl (C=O) groups is 3. The number of nitrogens with one attached hydrogen (secondary N) is 2. The monoisotopic (exact) mass is 456 g/mol. The molecule has 3 N–H and O–H groups in total. The molecule has 1 fully saturated rings. The fourth-order valence-corrected chi connectivity index (χ4v) is 4.55. The Kier molecular flexibility index (Phi) is 5.32. The molecule has 5 rings (SSSR count). The minimum Gasteiger partial charge on any atom is -0.478 e. The molecule has 2 aliphatic carbocycles. The van der Waals surface area contributed by atoms with Crippen LogP contribution in [-0.2, 0) is 9.53 Å². The van der Waals surface area contributed by atoms with Gasteiger partial charge in [0.2, 0.25) is 5.91 Å². The molecule has 3 aromatic rings. The van der Waals surface area contributed by atoms with Gasteiger partial charge in [0.15, 0.2) is 0 Å². The number of fused-ring (bicyclic) bond motifs is 3. The first kappa shape index (κ1) is 21.7. The van der Waals surface area contributed by atoms with Crippen LogP contribution in [0, 0.1) is 6.92 Å². The highest BCUT2D eigenvalue weighted by molar-refractivity contribution is 6.06. The third kappa shape index (κ3) is 3.90. The van der Waals surface area contributed by atoms with Crippen LogP contribution in [-0.4, -0.2) is 35.2 Å². The summed E-state index contributed by atoms with van der Waals surface area (Å²) in [5.41, 5.74) is 4.37. The van der Waals surface area contributed by atoms with E-state index in [0.717, 1.165) is 27.8 Å². The number of hydrogen-bond donors (Lipinski definition) is 3. The van der Waals surface area contributed by atoms with Crippen molar-refractivity contribution in [1.82, 2.24) is 5.32 Å². The lowest BCUT2D eigenvalue weighted by atomic mass is 9.98. The van der Waals surface area contributed by atoms with Crippen LogP contribution in [0.3, 0.4) is 0 Å². The minimum absolute atomic E-state index is 0.00490. The third-order valence-corrected chi connectivity index (χ3v) is 6.52. The van der Waals surface area contributed by atoms with E-state index in [1.165, 1.54) is 6.07 Å². The first-order valence-corrected chi connectivity index (χ1v) is 11.2. The highest BCUT2D eigenvalue weighted by Gasteiger charge is 2.52. The van der Waals surface area contributed by atoms with Crippen molar-refractivity contribution < 1.29 is 24.2 Å². The Morgan fingerprint density at radius 1 is 0.971 bits per heavy atom. The quantitative estimate of drug-likeness (QED) is 0.499. The zero-order valence-electron chi connectivity index (χ0n) is 18.6. The molecule has 0 aromatic heterocycles. The summed E-state index contributed by atoms with van der Waals surface area (Å²) < 4.78 is 5.57. The number of ether oxygens (including phenoxy) is 1. The normalized spacial score (nSPS) is 15.1. The summed E-state index contributed by atoms with van der Waals surface area (Å²) >= 11 is 0. The molecule has 7 nitrogen and oxygen atoms in total. The highest BCUT2D eigenvalue weighted by atomic mass is 16.5. The molecule has 2 aliphatic rings. The van der Waals surface area contributed by atoms with Gasteiger partial charge < -0.3 is 20.5 Å². The average Bonchev–Trinajstić information content (AvgIpc) is 3.54. The van der Waals surface area contributed by atoms with Gasteiger partial charge in [-0.2, -0.15) is 0 Å².